The molecule has 2 fully saturated rings. The van der Waals surface area contributed by atoms with E-state index in [0.29, 0.717) is 12.8 Å². The molecule has 4 rings (SSSR count). The monoisotopic (exact) mass is 394 g/mol. The Balaban J connectivity index is 1.72. The molecule has 4 atom stereocenters. The maximum absolute atomic E-state index is 13.4. The van der Waals surface area contributed by atoms with E-state index < -0.39 is 18.7 Å². The van der Waals surface area contributed by atoms with Crippen molar-refractivity contribution in [2.24, 2.45) is 0 Å². The molecular formula is C23H28N4O2. The minimum absolute atomic E-state index is 0.142. The van der Waals surface area contributed by atoms with Crippen molar-refractivity contribution in [3.05, 3.63) is 71.8 Å². The second-order valence-corrected chi connectivity index (χ2v) is 7.79. The summed E-state index contributed by atoms with van der Waals surface area (Å²) in [7, 11) is 3.22. The van der Waals surface area contributed by atoms with Gasteiger partial charge in [0.1, 0.15) is 0 Å². The van der Waals surface area contributed by atoms with Gasteiger partial charge in [0.15, 0.2) is 0 Å². The van der Waals surface area contributed by atoms with Crippen LogP contribution in [0.5, 0.6) is 0 Å². The van der Waals surface area contributed by atoms with Gasteiger partial charge in [-0.3, -0.25) is 19.4 Å². The third-order valence-electron chi connectivity index (χ3n) is 5.64. The summed E-state index contributed by atoms with van der Waals surface area (Å²) < 4.78 is 17.6. The van der Waals surface area contributed by atoms with Gasteiger partial charge >= 0.3 is 0 Å². The fraction of sp³-hybridized carbons (Fsp3) is 0.391. The molecule has 6 nitrogen and oxygen atoms in total. The number of likely N-dealkylation sites (N-methyl/N-ethyl adjacent to an activating group) is 2. The van der Waals surface area contributed by atoms with Gasteiger partial charge in [-0.1, -0.05) is 60.7 Å². The van der Waals surface area contributed by atoms with E-state index >= 15 is 0 Å². The molecule has 0 aliphatic carbocycles. The Kier molecular flexibility index (Phi) is 4.95. The molecule has 2 aliphatic rings. The zero-order valence-electron chi connectivity index (χ0n) is 18.9. The molecule has 2 saturated heterocycles. The minimum atomic E-state index is -2.10. The number of amides is 2. The van der Waals surface area contributed by atoms with Gasteiger partial charge in [0, 0.05) is 14.1 Å². The molecule has 0 saturated carbocycles. The topological polar surface area (TPSA) is 47.1 Å². The molecular weight excluding hydrogens is 364 g/mol. The molecule has 0 aromatic heterocycles. The number of carbonyl (C=O) groups excluding carboxylic acids is 2. The molecule has 2 unspecified atom stereocenters. The summed E-state index contributed by atoms with van der Waals surface area (Å²) in [6.07, 6.45) is 0.835. The van der Waals surface area contributed by atoms with Crippen molar-refractivity contribution in [3.8, 4) is 0 Å². The Hall–Kier alpha value is -2.70. The van der Waals surface area contributed by atoms with Crippen LogP contribution in [-0.4, -0.2) is 77.6 Å². The normalized spacial score (nSPS) is 30.3. The van der Waals surface area contributed by atoms with Crippen molar-refractivity contribution in [1.82, 2.24) is 19.6 Å². The van der Waals surface area contributed by atoms with E-state index in [4.69, 9.17) is 2.74 Å². The van der Waals surface area contributed by atoms with Crippen LogP contribution in [-0.2, 0) is 22.4 Å². The number of hydrogen-bond acceptors (Lipinski definition) is 4. The van der Waals surface area contributed by atoms with Gasteiger partial charge in [-0.05, 0) is 24.0 Å². The van der Waals surface area contributed by atoms with Gasteiger partial charge in [0.25, 0.3) is 0 Å². The van der Waals surface area contributed by atoms with E-state index in [0.717, 1.165) is 16.0 Å². The molecule has 152 valence electrons. The molecule has 0 spiro atoms. The van der Waals surface area contributed by atoms with E-state index in [-0.39, 0.29) is 25.2 Å². The number of benzene rings is 2. The summed E-state index contributed by atoms with van der Waals surface area (Å²) in [4.78, 5) is 32.9. The zero-order valence-corrected chi connectivity index (χ0v) is 16.9. The van der Waals surface area contributed by atoms with E-state index in [2.05, 4.69) is 0 Å². The van der Waals surface area contributed by atoms with Gasteiger partial charge in [-0.15, -0.1) is 0 Å². The molecule has 2 bridgehead atoms. The highest BCUT2D eigenvalue weighted by Gasteiger charge is 2.42. The summed E-state index contributed by atoms with van der Waals surface area (Å²) >= 11 is 0. The van der Waals surface area contributed by atoms with E-state index in [1.807, 2.05) is 65.6 Å². The van der Waals surface area contributed by atoms with Gasteiger partial charge in [-0.25, -0.2) is 0 Å². The van der Waals surface area contributed by atoms with Crippen LogP contribution in [0.3, 0.4) is 0 Å². The van der Waals surface area contributed by atoms with Crippen molar-refractivity contribution >= 4 is 11.8 Å². The molecule has 2 heterocycles. The van der Waals surface area contributed by atoms with Crippen LogP contribution in [0.4, 0.5) is 0 Å². The first-order chi connectivity index (χ1) is 14.8. The van der Waals surface area contributed by atoms with Crippen molar-refractivity contribution in [3.63, 3.8) is 0 Å². The smallest absolute Gasteiger partial charge is 0.241 e. The highest BCUT2D eigenvalue weighted by atomic mass is 16.2. The Labute approximate surface area is 175 Å². The average molecular weight is 395 g/mol. The van der Waals surface area contributed by atoms with Gasteiger partial charge in [0.05, 0.1) is 34.8 Å². The van der Waals surface area contributed by atoms with E-state index in [9.17, 15) is 9.59 Å². The first-order valence-corrected chi connectivity index (χ1v) is 9.90. The Morgan fingerprint density at radius 2 is 1.24 bits per heavy atom. The second kappa shape index (κ2) is 8.35. The van der Waals surface area contributed by atoms with Crippen LogP contribution in [0.1, 0.15) is 13.9 Å². The molecule has 29 heavy (non-hydrogen) atoms. The van der Waals surface area contributed by atoms with Crippen LogP contribution in [0.2, 0.25) is 0 Å². The summed E-state index contributed by atoms with van der Waals surface area (Å²) in [5.74, 6) is -0.422. The van der Waals surface area contributed by atoms with Crippen molar-refractivity contribution in [1.29, 1.82) is 0 Å². The average Bonchev–Trinajstić information content (AvgIpc) is 2.93. The fourth-order valence-electron chi connectivity index (χ4n) is 4.08. The Morgan fingerprint density at radius 3 is 1.79 bits per heavy atom. The number of hydrogen-bond donors (Lipinski definition) is 0. The van der Waals surface area contributed by atoms with E-state index in [1.165, 1.54) is 11.9 Å². The Bertz CT molecular complexity index is 941. The molecule has 6 heteroatoms. The maximum Gasteiger partial charge on any atom is 0.241 e. The number of carbonyl (C=O) groups is 2. The van der Waals surface area contributed by atoms with Crippen LogP contribution in [0.25, 0.3) is 0 Å². The highest BCUT2D eigenvalue weighted by Crippen LogP contribution is 2.23. The second-order valence-electron chi connectivity index (χ2n) is 7.79. The van der Waals surface area contributed by atoms with Crippen molar-refractivity contribution < 1.29 is 12.3 Å². The largest absolute Gasteiger partial charge is 0.331 e. The molecule has 2 amide bonds. The third-order valence-corrected chi connectivity index (χ3v) is 5.64. The van der Waals surface area contributed by atoms with Gasteiger partial charge in [0.2, 0.25) is 11.8 Å². The zero-order chi connectivity index (χ0) is 22.2. The molecule has 2 aromatic carbocycles. The number of nitrogens with zero attached hydrogens (tertiary/aromatic N) is 4. The van der Waals surface area contributed by atoms with Crippen LogP contribution >= 0.6 is 0 Å². The molecule has 0 N–H and O–H groups in total. The highest BCUT2D eigenvalue weighted by molar-refractivity contribution is 5.84. The quantitative estimate of drug-likeness (QED) is 0.791. The first-order valence-electron chi connectivity index (χ1n) is 10.9. The summed E-state index contributed by atoms with van der Waals surface area (Å²) in [6, 6.07) is 18.1. The first kappa shape index (κ1) is 17.2. The maximum atomic E-state index is 13.4. The fourth-order valence-corrected chi connectivity index (χ4v) is 4.08. The lowest BCUT2D eigenvalue weighted by atomic mass is 10.0. The molecule has 0 radical (unpaired) electrons. The van der Waals surface area contributed by atoms with Gasteiger partial charge < -0.3 is 9.80 Å². The van der Waals surface area contributed by atoms with Crippen LogP contribution < -0.4 is 0 Å². The predicted octanol–water partition coefficient (Wildman–Crippen LogP) is 1.63. The summed E-state index contributed by atoms with van der Waals surface area (Å²) in [5.41, 5.74) is 1.96. The number of rotatable bonds is 4. The van der Waals surface area contributed by atoms with Crippen LogP contribution in [0.15, 0.2) is 60.7 Å². The van der Waals surface area contributed by atoms with Crippen molar-refractivity contribution in [2.45, 2.75) is 24.9 Å². The standard InChI is InChI=1S/C23H28N4O2/c1-24-15-26-17-27(20(22(24)28)13-18-9-5-3-6-10-18)16-25(2)23(29)21(26)14-19-11-7-4-8-12-19/h3-12,20-21H,13-17H2,1-2H3/t20-,21+/i15D2/m0/s1. The van der Waals surface area contributed by atoms with E-state index in [1.54, 1.807) is 11.9 Å². The minimum Gasteiger partial charge on any atom is -0.331 e. The lowest BCUT2D eigenvalue weighted by Gasteiger charge is -2.32. The molecule has 2 aliphatic heterocycles. The number of fused-ring (bicyclic) bond motifs is 2. The third kappa shape index (κ3) is 4.18. The van der Waals surface area contributed by atoms with Gasteiger partial charge in [-0.2, -0.15) is 0 Å². The van der Waals surface area contributed by atoms with Crippen molar-refractivity contribution in [2.75, 3.05) is 34.1 Å². The molecule has 2 aromatic rings. The summed E-state index contributed by atoms with van der Waals surface area (Å²) in [5, 5.41) is 0. The van der Waals surface area contributed by atoms with Crippen LogP contribution in [0, 0.1) is 0 Å². The predicted molar refractivity (Wildman–Crippen MR) is 112 cm³/mol. The Morgan fingerprint density at radius 1 is 0.759 bits per heavy atom. The SMILES string of the molecule is [2H]C1([2H])N(C)C(=O)[C@H](Cc2ccccc2)N2CN(C)C(=O)[C@@H](Cc3ccccc3)N1C2. The summed E-state index contributed by atoms with van der Waals surface area (Å²) in [6.45, 7) is -1.64. The lowest BCUT2D eigenvalue weighted by Crippen LogP contribution is -2.51. The lowest BCUT2D eigenvalue weighted by molar-refractivity contribution is -0.141.